The van der Waals surface area contributed by atoms with E-state index < -0.39 is 23.5 Å². The van der Waals surface area contributed by atoms with Crippen molar-refractivity contribution in [1.29, 1.82) is 0 Å². The molecule has 1 rings (SSSR count). The second-order valence-corrected chi connectivity index (χ2v) is 4.87. The van der Waals surface area contributed by atoms with E-state index in [0.29, 0.717) is 0 Å². The Morgan fingerprint density at radius 1 is 1.40 bits per heavy atom. The number of carboxylic acid groups (broad SMARTS) is 1. The highest BCUT2D eigenvalue weighted by Crippen LogP contribution is 2.36. The van der Waals surface area contributed by atoms with Crippen LogP contribution in [0.2, 0.25) is 5.02 Å². The van der Waals surface area contributed by atoms with Gasteiger partial charge in [0.25, 0.3) is 0 Å². The minimum atomic E-state index is -2.01. The number of carbonyl (C=O) groups excluding carboxylic acids is 1. The van der Waals surface area contributed by atoms with Crippen molar-refractivity contribution in [3.8, 4) is 0 Å². The van der Waals surface area contributed by atoms with Gasteiger partial charge in [-0.25, -0.2) is 0 Å². The predicted octanol–water partition coefficient (Wildman–Crippen LogP) is 2.00. The average Bonchev–Trinajstić information content (AvgIpc) is 2.36. The molecule has 0 aliphatic carbocycles. The van der Waals surface area contributed by atoms with Crippen LogP contribution in [0.15, 0.2) is 24.3 Å². The van der Waals surface area contributed by atoms with Crippen molar-refractivity contribution in [2.45, 2.75) is 31.8 Å². The van der Waals surface area contributed by atoms with Gasteiger partial charge in [-0.3, -0.25) is 9.59 Å². The number of ether oxygens (including phenoxy) is 1. The first-order valence-corrected chi connectivity index (χ1v) is 6.57. The number of aliphatic hydroxyl groups is 1. The first kappa shape index (κ1) is 16.5. The molecule has 0 heterocycles. The van der Waals surface area contributed by atoms with Gasteiger partial charge in [0, 0.05) is 11.4 Å². The van der Waals surface area contributed by atoms with Crippen molar-refractivity contribution in [2.75, 3.05) is 6.61 Å². The predicted molar refractivity (Wildman–Crippen MR) is 73.7 cm³/mol. The second kappa shape index (κ2) is 6.72. The second-order valence-electron chi connectivity index (χ2n) is 4.46. The van der Waals surface area contributed by atoms with E-state index in [4.69, 9.17) is 16.3 Å². The maximum atomic E-state index is 12.2. The number of carboxylic acids is 1. The molecule has 2 unspecified atom stereocenters. The molecule has 0 bridgehead atoms. The molecule has 20 heavy (non-hydrogen) atoms. The van der Waals surface area contributed by atoms with Crippen LogP contribution < -0.4 is 0 Å². The summed E-state index contributed by atoms with van der Waals surface area (Å²) in [5.41, 5.74) is -1.89. The molecule has 2 atom stereocenters. The monoisotopic (exact) mass is 300 g/mol. The van der Waals surface area contributed by atoms with Gasteiger partial charge in [-0.2, -0.15) is 0 Å². The lowest BCUT2D eigenvalue weighted by atomic mass is 9.76. The number of aliphatic carboxylic acids is 1. The Kier molecular flexibility index (Phi) is 5.53. The van der Waals surface area contributed by atoms with Gasteiger partial charge in [-0.05, 0) is 25.5 Å². The Labute approximate surface area is 122 Å². The van der Waals surface area contributed by atoms with Gasteiger partial charge in [-0.1, -0.05) is 29.8 Å². The van der Waals surface area contributed by atoms with Gasteiger partial charge in [0.2, 0.25) is 0 Å². The molecule has 1 aromatic carbocycles. The summed E-state index contributed by atoms with van der Waals surface area (Å²) in [5.74, 6) is -2.33. The standard InChI is InChI=1S/C14H17ClO5/c1-3-20-13(19)14(12(17)18,8-9(2)16)10-6-4-5-7-11(10)15/h4-7,9,16H,3,8H2,1-2H3,(H,17,18). The number of hydrogen-bond acceptors (Lipinski definition) is 4. The summed E-state index contributed by atoms with van der Waals surface area (Å²) >= 11 is 6.03. The van der Waals surface area contributed by atoms with Crippen molar-refractivity contribution >= 4 is 23.5 Å². The molecule has 0 amide bonds. The minimum Gasteiger partial charge on any atom is -0.480 e. The van der Waals surface area contributed by atoms with Gasteiger partial charge in [0.15, 0.2) is 5.41 Å². The van der Waals surface area contributed by atoms with E-state index in [1.807, 2.05) is 0 Å². The highest BCUT2D eigenvalue weighted by molar-refractivity contribution is 6.32. The molecule has 0 aliphatic heterocycles. The number of carbonyl (C=O) groups is 2. The van der Waals surface area contributed by atoms with E-state index in [1.54, 1.807) is 19.1 Å². The van der Waals surface area contributed by atoms with E-state index in [9.17, 15) is 19.8 Å². The number of halogens is 1. The van der Waals surface area contributed by atoms with Crippen molar-refractivity contribution < 1.29 is 24.5 Å². The zero-order chi connectivity index (χ0) is 15.3. The van der Waals surface area contributed by atoms with E-state index in [2.05, 4.69) is 0 Å². The summed E-state index contributed by atoms with van der Waals surface area (Å²) in [6.45, 7) is 3.03. The summed E-state index contributed by atoms with van der Waals surface area (Å²) in [5, 5.41) is 19.3. The lowest BCUT2D eigenvalue weighted by molar-refractivity contribution is -0.163. The van der Waals surface area contributed by atoms with Crippen molar-refractivity contribution in [2.24, 2.45) is 0 Å². The first-order chi connectivity index (χ1) is 9.36. The van der Waals surface area contributed by atoms with E-state index in [1.165, 1.54) is 19.1 Å². The summed E-state index contributed by atoms with van der Waals surface area (Å²) in [6, 6.07) is 6.16. The van der Waals surface area contributed by atoms with Crippen LogP contribution in [0.25, 0.3) is 0 Å². The summed E-state index contributed by atoms with van der Waals surface area (Å²) in [4.78, 5) is 24.0. The Balaban J connectivity index is 3.49. The molecule has 110 valence electrons. The number of hydrogen-bond donors (Lipinski definition) is 2. The number of esters is 1. The summed E-state index contributed by atoms with van der Waals surface area (Å²) in [6.07, 6.45) is -1.32. The third-order valence-corrected chi connectivity index (χ3v) is 3.25. The average molecular weight is 301 g/mol. The van der Waals surface area contributed by atoms with Crippen LogP contribution >= 0.6 is 11.6 Å². The van der Waals surface area contributed by atoms with E-state index >= 15 is 0 Å². The molecule has 0 saturated heterocycles. The number of aliphatic hydroxyl groups excluding tert-OH is 1. The molecule has 0 fully saturated rings. The van der Waals surface area contributed by atoms with E-state index in [0.717, 1.165) is 0 Å². The Hall–Kier alpha value is -1.59. The highest BCUT2D eigenvalue weighted by Gasteiger charge is 2.51. The highest BCUT2D eigenvalue weighted by atomic mass is 35.5. The van der Waals surface area contributed by atoms with Crippen LogP contribution in [-0.2, 0) is 19.7 Å². The maximum absolute atomic E-state index is 12.2. The van der Waals surface area contributed by atoms with Gasteiger partial charge in [-0.15, -0.1) is 0 Å². The fourth-order valence-electron chi connectivity index (χ4n) is 2.10. The summed E-state index contributed by atoms with van der Waals surface area (Å²) < 4.78 is 4.89. The van der Waals surface area contributed by atoms with Gasteiger partial charge < -0.3 is 14.9 Å². The Bertz CT molecular complexity index is 500. The third kappa shape index (κ3) is 3.11. The van der Waals surface area contributed by atoms with Crippen LogP contribution in [0.4, 0.5) is 0 Å². The fourth-order valence-corrected chi connectivity index (χ4v) is 2.39. The molecule has 1 aromatic rings. The molecule has 0 aliphatic rings. The topological polar surface area (TPSA) is 83.8 Å². The van der Waals surface area contributed by atoms with Crippen molar-refractivity contribution in [3.63, 3.8) is 0 Å². The Morgan fingerprint density at radius 2 is 2.00 bits per heavy atom. The lowest BCUT2D eigenvalue weighted by Crippen LogP contribution is -2.47. The molecule has 2 N–H and O–H groups in total. The minimum absolute atomic E-state index is 0.0398. The van der Waals surface area contributed by atoms with Gasteiger partial charge >= 0.3 is 11.9 Å². The molecule has 0 aromatic heterocycles. The van der Waals surface area contributed by atoms with Crippen LogP contribution in [0, 0.1) is 0 Å². The SMILES string of the molecule is CCOC(=O)C(CC(C)O)(C(=O)O)c1ccccc1Cl. The lowest BCUT2D eigenvalue weighted by Gasteiger charge is -2.29. The molecule has 6 heteroatoms. The van der Waals surface area contributed by atoms with Crippen molar-refractivity contribution in [3.05, 3.63) is 34.9 Å². The summed E-state index contributed by atoms with van der Waals surface area (Å²) in [7, 11) is 0. The molecule has 0 spiro atoms. The number of rotatable bonds is 6. The number of benzene rings is 1. The largest absolute Gasteiger partial charge is 0.480 e. The maximum Gasteiger partial charge on any atom is 0.328 e. The molecular weight excluding hydrogens is 284 g/mol. The Morgan fingerprint density at radius 3 is 2.45 bits per heavy atom. The quantitative estimate of drug-likeness (QED) is 0.620. The molecule has 5 nitrogen and oxygen atoms in total. The smallest absolute Gasteiger partial charge is 0.328 e. The van der Waals surface area contributed by atoms with Gasteiger partial charge in [0.05, 0.1) is 12.7 Å². The zero-order valence-electron chi connectivity index (χ0n) is 11.3. The van der Waals surface area contributed by atoms with Crippen LogP contribution in [0.1, 0.15) is 25.8 Å². The van der Waals surface area contributed by atoms with Crippen LogP contribution in [0.5, 0.6) is 0 Å². The molecular formula is C14H17ClO5. The third-order valence-electron chi connectivity index (χ3n) is 2.92. The van der Waals surface area contributed by atoms with Gasteiger partial charge in [0.1, 0.15) is 0 Å². The van der Waals surface area contributed by atoms with E-state index in [-0.39, 0.29) is 23.6 Å². The molecule has 0 saturated carbocycles. The first-order valence-electron chi connectivity index (χ1n) is 6.20. The van der Waals surface area contributed by atoms with Crippen molar-refractivity contribution in [1.82, 2.24) is 0 Å². The normalized spacial score (nSPS) is 15.2. The zero-order valence-corrected chi connectivity index (χ0v) is 12.1. The fraction of sp³-hybridized carbons (Fsp3) is 0.429. The van der Waals surface area contributed by atoms with Crippen LogP contribution in [-0.4, -0.2) is 34.9 Å². The molecule has 0 radical (unpaired) electrons. The van der Waals surface area contributed by atoms with Crippen LogP contribution in [0.3, 0.4) is 0 Å².